The summed E-state index contributed by atoms with van der Waals surface area (Å²) in [6, 6.07) is 7.60. The van der Waals surface area contributed by atoms with Gasteiger partial charge in [-0.2, -0.15) is 18.3 Å². The molecule has 21 heteroatoms. The van der Waals surface area contributed by atoms with Gasteiger partial charge in [-0.15, -0.1) is 0 Å². The zero-order valence-electron chi connectivity index (χ0n) is 29.5. The topological polar surface area (TPSA) is 202 Å². The number of nitrogens with one attached hydrogen (secondary N) is 3. The minimum Gasteiger partial charge on any atom is -0.467 e. The Balaban J connectivity index is 1.31. The van der Waals surface area contributed by atoms with E-state index in [4.69, 9.17) is 9.47 Å². The maximum absolute atomic E-state index is 13.6. The molecule has 296 valence electrons. The molecule has 1 aromatic carbocycles. The fourth-order valence-corrected chi connectivity index (χ4v) is 6.74. The van der Waals surface area contributed by atoms with Gasteiger partial charge in [-0.25, -0.2) is 22.6 Å². The number of carbonyl (C=O) groups excluding carboxylic acids is 5. The summed E-state index contributed by atoms with van der Waals surface area (Å²) in [7, 11) is -5.74. The van der Waals surface area contributed by atoms with Gasteiger partial charge in [0.2, 0.25) is 17.7 Å². The Bertz CT molecular complexity index is 1780. The molecule has 2 atom stereocenters. The molecule has 5 amide bonds. The molecular weight excluding hydrogens is 741 g/mol. The summed E-state index contributed by atoms with van der Waals surface area (Å²) >= 11 is 0. The number of benzene rings is 1. The number of halogens is 3. The summed E-state index contributed by atoms with van der Waals surface area (Å²) < 4.78 is 75.7. The average molecular weight is 785 g/mol. The SMILES string of the molecule is CCOC(=O)N1CCN(C(=O)[C@H](CCNS(=O)(=O)C(F)(F)F)NC(=O)c2cc(OCC(=O)N3CCC[C@H]3C(=O)NC3CCC3)n(-c3ccccc3)n2)CC1. The third kappa shape index (κ3) is 9.78. The van der Waals surface area contributed by atoms with Crippen molar-refractivity contribution in [3.63, 3.8) is 0 Å². The van der Waals surface area contributed by atoms with Crippen molar-refractivity contribution in [2.75, 3.05) is 52.5 Å². The average Bonchev–Trinajstić information content (AvgIpc) is 3.80. The first-order valence-corrected chi connectivity index (χ1v) is 19.1. The third-order valence-electron chi connectivity index (χ3n) is 9.33. The van der Waals surface area contributed by atoms with Gasteiger partial charge in [-0.1, -0.05) is 18.2 Å². The molecule has 2 aromatic rings. The van der Waals surface area contributed by atoms with Crippen LogP contribution in [0.15, 0.2) is 36.4 Å². The van der Waals surface area contributed by atoms with Crippen molar-refractivity contribution in [1.82, 2.24) is 39.8 Å². The highest BCUT2D eigenvalue weighted by Crippen LogP contribution is 2.24. The predicted molar refractivity (Wildman–Crippen MR) is 184 cm³/mol. The molecule has 3 N–H and O–H groups in total. The van der Waals surface area contributed by atoms with E-state index in [1.807, 2.05) is 0 Å². The van der Waals surface area contributed by atoms with Gasteiger partial charge in [-0.05, 0) is 57.6 Å². The van der Waals surface area contributed by atoms with E-state index in [-0.39, 0.29) is 56.3 Å². The molecular formula is C33H43F3N8O9S. The van der Waals surface area contributed by atoms with Gasteiger partial charge in [-0.3, -0.25) is 19.2 Å². The van der Waals surface area contributed by atoms with Crippen LogP contribution in [0, 0.1) is 0 Å². The van der Waals surface area contributed by atoms with E-state index in [2.05, 4.69) is 15.7 Å². The summed E-state index contributed by atoms with van der Waals surface area (Å²) in [5, 5.41) is 9.75. The van der Waals surface area contributed by atoms with E-state index < -0.39 is 71.0 Å². The Morgan fingerprint density at radius 1 is 0.963 bits per heavy atom. The maximum atomic E-state index is 13.6. The smallest absolute Gasteiger partial charge is 0.467 e. The molecule has 0 bridgehead atoms. The Hall–Kier alpha value is -4.92. The number of para-hydroxylation sites is 1. The van der Waals surface area contributed by atoms with Crippen LogP contribution in [-0.2, 0) is 29.1 Å². The summed E-state index contributed by atoms with van der Waals surface area (Å²) in [5.74, 6) is -2.39. The van der Waals surface area contributed by atoms with Crippen molar-refractivity contribution in [2.24, 2.45) is 0 Å². The normalized spacial score (nSPS) is 18.4. The molecule has 1 aromatic heterocycles. The highest BCUT2D eigenvalue weighted by molar-refractivity contribution is 7.90. The number of nitrogens with zero attached hydrogens (tertiary/aromatic N) is 5. The van der Waals surface area contributed by atoms with Gasteiger partial charge in [0.25, 0.3) is 11.8 Å². The highest BCUT2D eigenvalue weighted by atomic mass is 32.2. The van der Waals surface area contributed by atoms with Crippen LogP contribution in [-0.4, -0.2) is 139 Å². The fraction of sp³-hybridized carbons (Fsp3) is 0.576. The minimum atomic E-state index is -5.74. The number of hydrogen-bond donors (Lipinski definition) is 3. The fourth-order valence-electron chi connectivity index (χ4n) is 6.19. The van der Waals surface area contributed by atoms with Crippen molar-refractivity contribution in [3.8, 4) is 11.6 Å². The minimum absolute atomic E-state index is 0.00701. The molecule has 5 rings (SSSR count). The number of rotatable bonds is 14. The summed E-state index contributed by atoms with van der Waals surface area (Å²) in [6.45, 7) is 0.964. The number of carbonyl (C=O) groups is 5. The largest absolute Gasteiger partial charge is 0.511 e. The van der Waals surface area contributed by atoms with Gasteiger partial charge >= 0.3 is 21.6 Å². The molecule has 2 saturated heterocycles. The second kappa shape index (κ2) is 17.5. The monoisotopic (exact) mass is 784 g/mol. The summed E-state index contributed by atoms with van der Waals surface area (Å²) in [4.78, 5) is 69.7. The van der Waals surface area contributed by atoms with Crippen LogP contribution in [0.1, 0.15) is 55.9 Å². The van der Waals surface area contributed by atoms with Crippen LogP contribution in [0.5, 0.6) is 5.88 Å². The van der Waals surface area contributed by atoms with E-state index in [1.54, 1.807) is 37.3 Å². The molecule has 17 nitrogen and oxygen atoms in total. The van der Waals surface area contributed by atoms with Gasteiger partial charge < -0.3 is 34.8 Å². The highest BCUT2D eigenvalue weighted by Gasteiger charge is 2.45. The molecule has 54 heavy (non-hydrogen) atoms. The zero-order chi connectivity index (χ0) is 39.0. The van der Waals surface area contributed by atoms with E-state index in [0.29, 0.717) is 25.1 Å². The Labute approximate surface area is 309 Å². The van der Waals surface area contributed by atoms with E-state index in [1.165, 1.54) is 30.2 Å². The lowest BCUT2D eigenvalue weighted by Crippen LogP contribution is -2.56. The maximum Gasteiger partial charge on any atom is 0.511 e. The van der Waals surface area contributed by atoms with Crippen LogP contribution in [0.3, 0.4) is 0 Å². The number of amides is 5. The quantitative estimate of drug-likeness (QED) is 0.250. The molecule has 0 radical (unpaired) electrons. The van der Waals surface area contributed by atoms with Gasteiger partial charge in [0.1, 0.15) is 12.1 Å². The Morgan fingerprint density at radius 2 is 1.65 bits per heavy atom. The van der Waals surface area contributed by atoms with Gasteiger partial charge in [0, 0.05) is 51.4 Å². The number of sulfonamides is 1. The van der Waals surface area contributed by atoms with Crippen molar-refractivity contribution in [2.45, 2.75) is 69.1 Å². The molecule has 3 aliphatic rings. The lowest BCUT2D eigenvalue weighted by atomic mass is 9.93. The first kappa shape index (κ1) is 40.3. The van der Waals surface area contributed by atoms with E-state index in [0.717, 1.165) is 19.3 Å². The Morgan fingerprint density at radius 3 is 2.28 bits per heavy atom. The van der Waals surface area contributed by atoms with E-state index in [9.17, 15) is 45.6 Å². The van der Waals surface area contributed by atoms with Crippen molar-refractivity contribution < 1.29 is 55.0 Å². The van der Waals surface area contributed by atoms with Crippen LogP contribution in [0.25, 0.3) is 5.69 Å². The predicted octanol–water partition coefficient (Wildman–Crippen LogP) is 1.14. The molecule has 2 aliphatic heterocycles. The number of aromatic nitrogens is 2. The number of hydrogen-bond acceptors (Lipinski definition) is 10. The van der Waals surface area contributed by atoms with Crippen molar-refractivity contribution in [1.29, 1.82) is 0 Å². The first-order valence-electron chi connectivity index (χ1n) is 17.6. The van der Waals surface area contributed by atoms with Crippen LogP contribution in [0.4, 0.5) is 18.0 Å². The molecule has 0 spiro atoms. The number of ether oxygens (including phenoxy) is 2. The first-order chi connectivity index (χ1) is 25.7. The molecule has 1 saturated carbocycles. The van der Waals surface area contributed by atoms with Crippen molar-refractivity contribution >= 4 is 39.7 Å². The standard InChI is InChI=1S/C33H43F3N8O9S/c1-2-52-32(49)42-18-16-41(17-19-42)31(48)24(13-14-37-54(50,51)33(34,35)36)39-29(46)25-20-28(44(40-25)23-10-4-3-5-11-23)53-21-27(45)43-15-7-12-26(43)30(47)38-22-8-6-9-22/h3-5,10-11,20,22,24,26,37H,2,6-9,12-19,21H2,1H3,(H,38,47)(H,39,46)/t24-,26-/m0/s1. The summed E-state index contributed by atoms with van der Waals surface area (Å²) in [6.07, 6.45) is 2.83. The lowest BCUT2D eigenvalue weighted by molar-refractivity contribution is -0.140. The molecule has 1 aliphatic carbocycles. The van der Waals surface area contributed by atoms with Crippen LogP contribution < -0.4 is 20.1 Å². The second-order valence-electron chi connectivity index (χ2n) is 13.0. The molecule has 0 unspecified atom stereocenters. The molecule has 3 fully saturated rings. The molecule has 3 heterocycles. The number of alkyl halides is 3. The van der Waals surface area contributed by atoms with Crippen molar-refractivity contribution in [3.05, 3.63) is 42.1 Å². The summed E-state index contributed by atoms with van der Waals surface area (Å²) in [5.41, 5.74) is -5.45. The number of likely N-dealkylation sites (tertiary alicyclic amines) is 1. The Kier molecular flexibility index (Phi) is 13.0. The zero-order valence-corrected chi connectivity index (χ0v) is 30.4. The van der Waals surface area contributed by atoms with Gasteiger partial charge in [0.05, 0.1) is 12.3 Å². The lowest BCUT2D eigenvalue weighted by Gasteiger charge is -2.36. The van der Waals surface area contributed by atoms with Crippen LogP contribution in [0.2, 0.25) is 0 Å². The van der Waals surface area contributed by atoms with Gasteiger partial charge in [0.15, 0.2) is 12.3 Å². The number of piperazine rings is 1. The van der Waals surface area contributed by atoms with E-state index >= 15 is 0 Å². The van der Waals surface area contributed by atoms with Crippen LogP contribution >= 0.6 is 0 Å². The third-order valence-corrected chi connectivity index (χ3v) is 10.5. The second-order valence-corrected chi connectivity index (χ2v) is 14.7.